The van der Waals surface area contributed by atoms with Crippen molar-refractivity contribution in [2.75, 3.05) is 0 Å². The first-order valence-corrected chi connectivity index (χ1v) is 10.3. The van der Waals surface area contributed by atoms with Crippen LogP contribution in [-0.4, -0.2) is 6.36 Å². The molecule has 164 valence electrons. The molecule has 0 N–H and O–H groups in total. The van der Waals surface area contributed by atoms with Gasteiger partial charge in [-0.2, -0.15) is 0 Å². The average molecular weight is 430 g/mol. The molecular formula is C24H27F5O. The molecular weight excluding hydrogens is 399 g/mol. The Balaban J connectivity index is 1.84. The van der Waals surface area contributed by atoms with Gasteiger partial charge in [0, 0.05) is 5.56 Å². The fourth-order valence-electron chi connectivity index (χ4n) is 4.12. The van der Waals surface area contributed by atoms with Gasteiger partial charge < -0.3 is 4.74 Å². The Hall–Kier alpha value is -2.11. The maximum absolute atomic E-state index is 15.1. The Kier molecular flexibility index (Phi) is 5.73. The Labute approximate surface area is 179 Å². The number of hydrogen-bond acceptors (Lipinski definition) is 1. The average Bonchev–Trinajstić information content (AvgIpc) is 2.78. The van der Waals surface area contributed by atoms with Crippen LogP contribution < -0.4 is 4.74 Å². The molecule has 0 heterocycles. The van der Waals surface area contributed by atoms with Crippen molar-refractivity contribution in [3.05, 3.63) is 53.5 Å². The lowest BCUT2D eigenvalue weighted by atomic mass is 9.78. The fraction of sp³-hybridized carbons (Fsp3) is 0.500. The molecule has 0 bridgehead atoms. The lowest BCUT2D eigenvalue weighted by Crippen LogP contribution is -2.17. The maximum Gasteiger partial charge on any atom is 0.573 e. The molecule has 0 spiro atoms. The quantitative estimate of drug-likeness (QED) is 0.404. The first kappa shape index (κ1) is 17.6. The van der Waals surface area contributed by atoms with Gasteiger partial charge in [-0.3, -0.25) is 0 Å². The monoisotopic (exact) mass is 430 g/mol. The largest absolute Gasteiger partial charge is 0.573 e. The highest BCUT2D eigenvalue weighted by Gasteiger charge is 2.32. The molecule has 2 aromatic carbocycles. The van der Waals surface area contributed by atoms with Gasteiger partial charge in [-0.25, -0.2) is 8.78 Å². The summed E-state index contributed by atoms with van der Waals surface area (Å²) in [6.07, 6.45) is 2.89. The standard InChI is InChI=1S/C24H27F5O/c1-2-3-16-4-6-17(7-5-16)8-9-18-10-12-20(21(25)14-18)19-11-13-23(22(26)15-19)30-24(27,28)29/h10-17H,2-9H2,1H3/i11D,13D,14D,15D. The van der Waals surface area contributed by atoms with E-state index in [0.717, 1.165) is 25.2 Å². The molecule has 3 rings (SSSR count). The third kappa shape index (κ3) is 6.19. The molecule has 0 amide bonds. The number of alkyl halides is 3. The smallest absolute Gasteiger partial charge is 0.403 e. The molecule has 1 fully saturated rings. The molecule has 0 aliphatic heterocycles. The predicted molar refractivity (Wildman–Crippen MR) is 107 cm³/mol. The van der Waals surface area contributed by atoms with Crippen LogP contribution in [0.25, 0.3) is 11.1 Å². The van der Waals surface area contributed by atoms with E-state index in [-0.39, 0.29) is 0 Å². The van der Waals surface area contributed by atoms with E-state index in [1.807, 2.05) is 0 Å². The molecule has 0 aromatic heterocycles. The molecule has 0 atom stereocenters. The van der Waals surface area contributed by atoms with E-state index in [2.05, 4.69) is 11.7 Å². The van der Waals surface area contributed by atoms with Crippen molar-refractivity contribution in [3.63, 3.8) is 0 Å². The topological polar surface area (TPSA) is 9.23 Å². The van der Waals surface area contributed by atoms with Crippen LogP contribution in [0.15, 0.2) is 36.3 Å². The normalized spacial score (nSPS) is 21.5. The lowest BCUT2D eigenvalue weighted by molar-refractivity contribution is -0.275. The second kappa shape index (κ2) is 9.80. The summed E-state index contributed by atoms with van der Waals surface area (Å²) in [5, 5.41) is 0. The summed E-state index contributed by atoms with van der Waals surface area (Å²) < 4.78 is 102. The van der Waals surface area contributed by atoms with Gasteiger partial charge in [0.25, 0.3) is 0 Å². The second-order valence-electron chi connectivity index (χ2n) is 7.87. The summed E-state index contributed by atoms with van der Waals surface area (Å²) in [7, 11) is 0. The summed E-state index contributed by atoms with van der Waals surface area (Å²) in [6.45, 7) is 2.18. The van der Waals surface area contributed by atoms with Crippen LogP contribution in [0.4, 0.5) is 22.0 Å². The lowest BCUT2D eigenvalue weighted by Gasteiger charge is -2.28. The highest BCUT2D eigenvalue weighted by atomic mass is 19.4. The zero-order chi connectivity index (χ0) is 25.2. The van der Waals surface area contributed by atoms with E-state index < -0.39 is 59.0 Å². The summed E-state index contributed by atoms with van der Waals surface area (Å²) in [6, 6.07) is -1.25. The Bertz CT molecular complexity index is 1000. The zero-order valence-corrected chi connectivity index (χ0v) is 16.8. The summed E-state index contributed by atoms with van der Waals surface area (Å²) in [4.78, 5) is 0. The summed E-state index contributed by atoms with van der Waals surface area (Å²) in [5.41, 5.74) is -0.739. The molecule has 2 aromatic rings. The van der Waals surface area contributed by atoms with Gasteiger partial charge in [0.2, 0.25) is 0 Å². The van der Waals surface area contributed by atoms with Gasteiger partial charge in [-0.05, 0) is 53.9 Å². The summed E-state index contributed by atoms with van der Waals surface area (Å²) >= 11 is 0. The van der Waals surface area contributed by atoms with Crippen molar-refractivity contribution in [3.8, 4) is 16.9 Å². The Morgan fingerprint density at radius 3 is 2.27 bits per heavy atom. The number of ether oxygens (including phenoxy) is 1. The fourth-order valence-corrected chi connectivity index (χ4v) is 4.12. The van der Waals surface area contributed by atoms with Crippen LogP contribution in [0, 0.1) is 23.5 Å². The number of halogens is 5. The number of benzene rings is 2. The highest BCUT2D eigenvalue weighted by molar-refractivity contribution is 5.65. The first-order valence-electron chi connectivity index (χ1n) is 12.3. The van der Waals surface area contributed by atoms with E-state index in [9.17, 15) is 17.6 Å². The van der Waals surface area contributed by atoms with E-state index >= 15 is 4.39 Å². The van der Waals surface area contributed by atoms with Crippen LogP contribution in [0.3, 0.4) is 0 Å². The molecule has 6 heteroatoms. The number of aryl methyl sites for hydroxylation is 1. The van der Waals surface area contributed by atoms with Crippen LogP contribution in [-0.2, 0) is 6.42 Å². The molecule has 0 unspecified atom stereocenters. The summed E-state index contributed by atoms with van der Waals surface area (Å²) in [5.74, 6) is -3.27. The molecule has 1 aliphatic rings. The minimum absolute atomic E-state index is 0.429. The van der Waals surface area contributed by atoms with Crippen molar-refractivity contribution in [1.82, 2.24) is 0 Å². The van der Waals surface area contributed by atoms with E-state index in [1.165, 1.54) is 37.8 Å². The van der Waals surface area contributed by atoms with Gasteiger partial charge in [0.05, 0.1) is 5.48 Å². The van der Waals surface area contributed by atoms with Crippen LogP contribution in [0.2, 0.25) is 0 Å². The highest BCUT2D eigenvalue weighted by Crippen LogP contribution is 2.35. The molecule has 1 nitrogen and oxygen atoms in total. The molecule has 0 saturated heterocycles. The first-order chi connectivity index (χ1) is 15.9. The number of rotatable bonds is 7. The van der Waals surface area contributed by atoms with Crippen LogP contribution in [0.5, 0.6) is 5.75 Å². The molecule has 1 aliphatic carbocycles. The van der Waals surface area contributed by atoms with E-state index in [4.69, 9.17) is 5.48 Å². The van der Waals surface area contributed by atoms with Gasteiger partial charge in [0.1, 0.15) is 5.82 Å². The van der Waals surface area contributed by atoms with Crippen molar-refractivity contribution < 1.29 is 32.2 Å². The third-order valence-electron chi connectivity index (χ3n) is 5.67. The van der Waals surface area contributed by atoms with Crippen molar-refractivity contribution >= 4 is 0 Å². The maximum atomic E-state index is 15.1. The van der Waals surface area contributed by atoms with E-state index in [1.54, 1.807) is 0 Å². The zero-order valence-electron chi connectivity index (χ0n) is 20.8. The predicted octanol–water partition coefficient (Wildman–Crippen LogP) is 8.07. The second-order valence-corrected chi connectivity index (χ2v) is 7.87. The Morgan fingerprint density at radius 1 is 0.967 bits per heavy atom. The van der Waals surface area contributed by atoms with Crippen LogP contribution in [0.1, 0.15) is 62.9 Å². The molecule has 30 heavy (non-hydrogen) atoms. The van der Waals surface area contributed by atoms with Gasteiger partial charge in [-0.15, -0.1) is 13.2 Å². The number of hydrogen-bond donors (Lipinski definition) is 0. The van der Waals surface area contributed by atoms with Gasteiger partial charge >= 0.3 is 6.36 Å². The minimum Gasteiger partial charge on any atom is -0.403 e. The Morgan fingerprint density at radius 2 is 1.63 bits per heavy atom. The third-order valence-corrected chi connectivity index (χ3v) is 5.67. The van der Waals surface area contributed by atoms with Gasteiger partial charge in [0.15, 0.2) is 11.6 Å². The molecule has 0 radical (unpaired) electrons. The SMILES string of the molecule is [2H]c1c(CCC2CCC(CCC)CC2)ccc(-c2c([2H])c([2H])c(OC(F)(F)F)c(F)c2[2H])c1F. The van der Waals surface area contributed by atoms with Crippen molar-refractivity contribution in [2.45, 2.75) is 64.7 Å². The van der Waals surface area contributed by atoms with Crippen molar-refractivity contribution in [1.29, 1.82) is 0 Å². The van der Waals surface area contributed by atoms with E-state index in [0.29, 0.717) is 17.9 Å². The molecule has 1 saturated carbocycles. The van der Waals surface area contributed by atoms with Gasteiger partial charge in [-0.1, -0.05) is 63.6 Å². The van der Waals surface area contributed by atoms with Crippen molar-refractivity contribution in [2.24, 2.45) is 11.8 Å². The minimum atomic E-state index is -5.33. The van der Waals surface area contributed by atoms with Crippen LogP contribution >= 0.6 is 0 Å².